The summed E-state index contributed by atoms with van der Waals surface area (Å²) in [6.07, 6.45) is 1.92. The summed E-state index contributed by atoms with van der Waals surface area (Å²) in [7, 11) is 0. The fourth-order valence-electron chi connectivity index (χ4n) is 2.27. The molecule has 92 valence electrons. The molecule has 18 heavy (non-hydrogen) atoms. The fraction of sp³-hybridized carbons (Fsp3) is 0.222. The van der Waals surface area contributed by atoms with Gasteiger partial charge in [0, 0.05) is 0 Å². The van der Waals surface area contributed by atoms with Crippen molar-refractivity contribution in [2.45, 2.75) is 26.7 Å². The van der Waals surface area contributed by atoms with E-state index in [2.05, 4.69) is 69.8 Å². The van der Waals surface area contributed by atoms with Gasteiger partial charge in [0.2, 0.25) is 0 Å². The Kier molecular flexibility index (Phi) is 3.66. The average Bonchev–Trinajstić information content (AvgIpc) is 2.38. The Bertz CT molecular complexity index is 562. The van der Waals surface area contributed by atoms with Crippen LogP contribution in [0.2, 0.25) is 0 Å². The summed E-state index contributed by atoms with van der Waals surface area (Å²) in [6.45, 7) is 10.5. The molecule has 2 aromatic carbocycles. The molecular weight excluding hydrogens is 216 g/mol. The molecular formula is C18H20. The van der Waals surface area contributed by atoms with Gasteiger partial charge in [-0.3, -0.25) is 0 Å². The van der Waals surface area contributed by atoms with E-state index in [4.69, 9.17) is 0 Å². The summed E-state index contributed by atoms with van der Waals surface area (Å²) in [4.78, 5) is 0. The summed E-state index contributed by atoms with van der Waals surface area (Å²) in [5, 5.41) is 0. The van der Waals surface area contributed by atoms with E-state index in [1.54, 1.807) is 0 Å². The van der Waals surface area contributed by atoms with Crippen molar-refractivity contribution >= 4 is 6.08 Å². The maximum absolute atomic E-state index is 3.89. The van der Waals surface area contributed by atoms with E-state index in [9.17, 15) is 0 Å². The van der Waals surface area contributed by atoms with E-state index in [0.29, 0.717) is 5.92 Å². The van der Waals surface area contributed by atoms with Gasteiger partial charge in [-0.05, 0) is 40.7 Å². The highest BCUT2D eigenvalue weighted by Crippen LogP contribution is 2.29. The number of benzene rings is 2. The maximum Gasteiger partial charge on any atom is -0.0109 e. The molecule has 2 aromatic rings. The van der Waals surface area contributed by atoms with Crippen LogP contribution in [0.1, 0.15) is 36.5 Å². The van der Waals surface area contributed by atoms with Gasteiger partial charge in [-0.15, -0.1) is 0 Å². The lowest BCUT2D eigenvalue weighted by Gasteiger charge is -2.13. The fourth-order valence-corrected chi connectivity index (χ4v) is 2.27. The smallest absolute Gasteiger partial charge is 0.0109 e. The maximum atomic E-state index is 3.89. The molecule has 0 aliphatic heterocycles. The minimum absolute atomic E-state index is 0.576. The molecule has 0 N–H and O–H groups in total. The highest BCUT2D eigenvalue weighted by atomic mass is 14.1. The van der Waals surface area contributed by atoms with Crippen LogP contribution in [-0.4, -0.2) is 0 Å². The summed E-state index contributed by atoms with van der Waals surface area (Å²) >= 11 is 0. The van der Waals surface area contributed by atoms with Crippen LogP contribution in [0.3, 0.4) is 0 Å². The van der Waals surface area contributed by atoms with Crippen LogP contribution in [0.15, 0.2) is 49.0 Å². The molecule has 0 nitrogen and oxygen atoms in total. The predicted octanol–water partition coefficient (Wildman–Crippen LogP) is 5.43. The monoisotopic (exact) mass is 236 g/mol. The van der Waals surface area contributed by atoms with Crippen molar-refractivity contribution in [3.63, 3.8) is 0 Å². The second kappa shape index (κ2) is 5.22. The van der Waals surface area contributed by atoms with Crippen molar-refractivity contribution in [3.8, 4) is 11.1 Å². The third kappa shape index (κ3) is 2.38. The largest absolute Gasteiger partial charge is 0.0984 e. The van der Waals surface area contributed by atoms with Crippen LogP contribution in [0.4, 0.5) is 0 Å². The van der Waals surface area contributed by atoms with Crippen LogP contribution in [0.25, 0.3) is 17.2 Å². The first-order chi connectivity index (χ1) is 8.63. The van der Waals surface area contributed by atoms with Crippen LogP contribution in [0.5, 0.6) is 0 Å². The van der Waals surface area contributed by atoms with Gasteiger partial charge in [-0.25, -0.2) is 0 Å². The summed E-state index contributed by atoms with van der Waals surface area (Å²) in [5.74, 6) is 0.576. The summed E-state index contributed by atoms with van der Waals surface area (Å²) < 4.78 is 0. The van der Waals surface area contributed by atoms with Gasteiger partial charge in [0.1, 0.15) is 0 Å². The van der Waals surface area contributed by atoms with Crippen LogP contribution < -0.4 is 0 Å². The highest BCUT2D eigenvalue weighted by molar-refractivity contribution is 5.77. The lowest BCUT2D eigenvalue weighted by Crippen LogP contribution is -1.92. The Morgan fingerprint density at radius 2 is 1.72 bits per heavy atom. The molecule has 0 heterocycles. The second-order valence-electron chi connectivity index (χ2n) is 5.02. The molecule has 2 rings (SSSR count). The molecule has 0 saturated heterocycles. The van der Waals surface area contributed by atoms with Crippen molar-refractivity contribution in [2.24, 2.45) is 0 Å². The van der Waals surface area contributed by atoms with Crippen LogP contribution in [-0.2, 0) is 0 Å². The molecule has 0 radical (unpaired) electrons. The first kappa shape index (κ1) is 12.6. The third-order valence-corrected chi connectivity index (χ3v) is 3.39. The minimum atomic E-state index is 0.576. The van der Waals surface area contributed by atoms with E-state index >= 15 is 0 Å². The SMILES string of the molecule is C=Cc1ccccc1-c1ccc(C(C)C)cc1C. The zero-order valence-corrected chi connectivity index (χ0v) is 11.4. The first-order valence-corrected chi connectivity index (χ1v) is 6.46. The van der Waals surface area contributed by atoms with Gasteiger partial charge in [0.05, 0.1) is 0 Å². The zero-order valence-electron chi connectivity index (χ0n) is 11.4. The molecule has 0 unspecified atom stereocenters. The van der Waals surface area contributed by atoms with Gasteiger partial charge >= 0.3 is 0 Å². The van der Waals surface area contributed by atoms with Crippen molar-refractivity contribution in [3.05, 3.63) is 65.7 Å². The van der Waals surface area contributed by atoms with Crippen molar-refractivity contribution in [2.75, 3.05) is 0 Å². The molecule has 0 bridgehead atoms. The molecule has 0 fully saturated rings. The van der Waals surface area contributed by atoms with E-state index < -0.39 is 0 Å². The number of aryl methyl sites for hydroxylation is 1. The Morgan fingerprint density at radius 3 is 2.33 bits per heavy atom. The van der Waals surface area contributed by atoms with Crippen molar-refractivity contribution < 1.29 is 0 Å². The van der Waals surface area contributed by atoms with E-state index in [1.165, 1.54) is 27.8 Å². The minimum Gasteiger partial charge on any atom is -0.0984 e. The predicted molar refractivity (Wildman–Crippen MR) is 80.8 cm³/mol. The quantitative estimate of drug-likeness (QED) is 0.666. The molecule has 0 aliphatic carbocycles. The topological polar surface area (TPSA) is 0 Å². The standard InChI is InChI=1S/C18H20/c1-5-15-8-6-7-9-18(15)17-11-10-16(13(2)3)12-14(17)4/h5-13H,1H2,2-4H3. The Morgan fingerprint density at radius 1 is 1.00 bits per heavy atom. The molecule has 0 spiro atoms. The normalized spacial score (nSPS) is 10.7. The van der Waals surface area contributed by atoms with Crippen LogP contribution in [0, 0.1) is 6.92 Å². The van der Waals surface area contributed by atoms with Crippen molar-refractivity contribution in [1.29, 1.82) is 0 Å². The van der Waals surface area contributed by atoms with E-state index in [0.717, 1.165) is 0 Å². The van der Waals surface area contributed by atoms with Gasteiger partial charge in [-0.2, -0.15) is 0 Å². The van der Waals surface area contributed by atoms with Gasteiger partial charge in [0.15, 0.2) is 0 Å². The summed E-state index contributed by atoms with van der Waals surface area (Å²) in [6, 6.07) is 15.2. The number of rotatable bonds is 3. The number of hydrogen-bond acceptors (Lipinski definition) is 0. The van der Waals surface area contributed by atoms with Gasteiger partial charge < -0.3 is 0 Å². The highest BCUT2D eigenvalue weighted by Gasteiger charge is 2.07. The van der Waals surface area contributed by atoms with Gasteiger partial charge in [0.25, 0.3) is 0 Å². The molecule has 0 heteroatoms. The van der Waals surface area contributed by atoms with E-state index in [-0.39, 0.29) is 0 Å². The van der Waals surface area contributed by atoms with Gasteiger partial charge in [-0.1, -0.05) is 69.0 Å². The number of hydrogen-bond donors (Lipinski definition) is 0. The average molecular weight is 236 g/mol. The molecule has 0 amide bonds. The third-order valence-electron chi connectivity index (χ3n) is 3.39. The molecule has 0 aliphatic rings. The summed E-state index contributed by atoms with van der Waals surface area (Å²) in [5.41, 5.74) is 6.48. The first-order valence-electron chi connectivity index (χ1n) is 6.46. The second-order valence-corrected chi connectivity index (χ2v) is 5.02. The lowest BCUT2D eigenvalue weighted by molar-refractivity contribution is 0.865. The molecule has 0 aromatic heterocycles. The Balaban J connectivity index is 2.54. The Labute approximate surface area is 110 Å². The molecule has 0 atom stereocenters. The Hall–Kier alpha value is -1.82. The molecule has 0 saturated carbocycles. The zero-order chi connectivity index (χ0) is 13.1. The lowest BCUT2D eigenvalue weighted by atomic mass is 9.92. The van der Waals surface area contributed by atoms with E-state index in [1.807, 2.05) is 6.08 Å². The van der Waals surface area contributed by atoms with Crippen molar-refractivity contribution in [1.82, 2.24) is 0 Å². The van der Waals surface area contributed by atoms with Crippen LogP contribution >= 0.6 is 0 Å².